The number of nitrogens with one attached hydrogen (secondary N) is 2. The molecule has 1 saturated heterocycles. The summed E-state index contributed by atoms with van der Waals surface area (Å²) in [7, 11) is 1.96. The highest BCUT2D eigenvalue weighted by atomic mass is 35.5. The van der Waals surface area contributed by atoms with Crippen molar-refractivity contribution in [2.45, 2.75) is 19.3 Å². The third kappa shape index (κ3) is 5.43. The van der Waals surface area contributed by atoms with Crippen molar-refractivity contribution >= 4 is 28.9 Å². The Balaban J connectivity index is 1.82. The van der Waals surface area contributed by atoms with Crippen LogP contribution in [0.3, 0.4) is 0 Å². The van der Waals surface area contributed by atoms with Crippen LogP contribution in [0.15, 0.2) is 18.2 Å². The van der Waals surface area contributed by atoms with Crippen molar-refractivity contribution in [2.24, 2.45) is 5.92 Å². The maximum absolute atomic E-state index is 12.1. The summed E-state index contributed by atoms with van der Waals surface area (Å²) in [6, 6.07) is 4.27. The number of amides is 1. The summed E-state index contributed by atoms with van der Waals surface area (Å²) in [5.74, 6) is 0.552. The molecule has 132 valence electrons. The van der Waals surface area contributed by atoms with Gasteiger partial charge < -0.3 is 10.6 Å². The lowest BCUT2D eigenvalue weighted by Crippen LogP contribution is -2.39. The van der Waals surface area contributed by atoms with Gasteiger partial charge in [-0.25, -0.2) is 0 Å². The number of piperidine rings is 1. The normalized spacial score (nSPS) is 16.1. The van der Waals surface area contributed by atoms with Gasteiger partial charge in [-0.2, -0.15) is 0 Å². The Morgan fingerprint density at radius 3 is 2.75 bits per heavy atom. The number of halogens is 1. The number of anilines is 1. The first-order valence-corrected chi connectivity index (χ1v) is 8.48. The number of hydrogen-bond acceptors (Lipinski definition) is 5. The lowest BCUT2D eigenvalue weighted by molar-refractivity contribution is -0.384. The van der Waals surface area contributed by atoms with Gasteiger partial charge in [0.2, 0.25) is 5.91 Å². The standard InChI is InChI=1S/C16H23ClN4O3/c1-18-7-4-12-5-8-20(9-6-12)11-16(22)19-13-2-3-14(17)15(10-13)21(23)24/h2-3,10,12,18H,4-9,11H2,1H3,(H,19,22). The fourth-order valence-electron chi connectivity index (χ4n) is 2.92. The zero-order valence-corrected chi connectivity index (χ0v) is 14.5. The van der Waals surface area contributed by atoms with Gasteiger partial charge in [0.15, 0.2) is 0 Å². The van der Waals surface area contributed by atoms with Crippen LogP contribution in [0.1, 0.15) is 19.3 Å². The molecule has 1 amide bonds. The largest absolute Gasteiger partial charge is 0.325 e. The van der Waals surface area contributed by atoms with E-state index in [4.69, 9.17) is 11.6 Å². The molecule has 0 aliphatic carbocycles. The number of likely N-dealkylation sites (tertiary alicyclic amines) is 1. The minimum absolute atomic E-state index is 0.0571. The SMILES string of the molecule is CNCCC1CCN(CC(=O)Nc2ccc(Cl)c([N+](=O)[O-])c2)CC1. The Morgan fingerprint density at radius 2 is 2.12 bits per heavy atom. The Bertz CT molecular complexity index is 589. The van der Waals surface area contributed by atoms with Gasteiger partial charge in [-0.3, -0.25) is 19.8 Å². The molecule has 0 unspecified atom stereocenters. The van der Waals surface area contributed by atoms with E-state index in [0.29, 0.717) is 12.2 Å². The van der Waals surface area contributed by atoms with E-state index in [-0.39, 0.29) is 16.6 Å². The summed E-state index contributed by atoms with van der Waals surface area (Å²) < 4.78 is 0. The predicted molar refractivity (Wildman–Crippen MR) is 94.4 cm³/mol. The van der Waals surface area contributed by atoms with Crippen molar-refractivity contribution in [1.29, 1.82) is 0 Å². The molecule has 0 aromatic heterocycles. The molecule has 1 aliphatic rings. The second-order valence-electron chi connectivity index (χ2n) is 6.08. The van der Waals surface area contributed by atoms with E-state index in [1.165, 1.54) is 18.6 Å². The molecule has 0 atom stereocenters. The summed E-state index contributed by atoms with van der Waals surface area (Å²) in [4.78, 5) is 24.6. The van der Waals surface area contributed by atoms with E-state index in [1.54, 1.807) is 6.07 Å². The van der Waals surface area contributed by atoms with Gasteiger partial charge >= 0.3 is 0 Å². The van der Waals surface area contributed by atoms with Crippen molar-refractivity contribution in [2.75, 3.05) is 38.5 Å². The molecule has 1 aliphatic heterocycles. The number of nitro groups is 1. The van der Waals surface area contributed by atoms with Crippen molar-refractivity contribution in [3.05, 3.63) is 33.3 Å². The molecule has 7 nitrogen and oxygen atoms in total. The molecule has 8 heteroatoms. The summed E-state index contributed by atoms with van der Waals surface area (Å²) in [5.41, 5.74) is 0.180. The molecule has 1 fully saturated rings. The minimum atomic E-state index is -0.562. The van der Waals surface area contributed by atoms with Gasteiger partial charge in [-0.15, -0.1) is 0 Å². The molecule has 0 spiro atoms. The number of benzene rings is 1. The maximum Gasteiger partial charge on any atom is 0.289 e. The van der Waals surface area contributed by atoms with Crippen molar-refractivity contribution in [3.8, 4) is 0 Å². The number of carbonyl (C=O) groups excluding carboxylic acids is 1. The Hall–Kier alpha value is -1.70. The molecular weight excluding hydrogens is 332 g/mol. The van der Waals surface area contributed by atoms with Gasteiger partial charge in [0.1, 0.15) is 5.02 Å². The Labute approximate surface area is 146 Å². The lowest BCUT2D eigenvalue weighted by Gasteiger charge is -2.31. The van der Waals surface area contributed by atoms with Crippen LogP contribution in [0, 0.1) is 16.0 Å². The predicted octanol–water partition coefficient (Wildman–Crippen LogP) is 2.51. The van der Waals surface area contributed by atoms with Crippen LogP contribution >= 0.6 is 11.6 Å². The fraction of sp³-hybridized carbons (Fsp3) is 0.562. The summed E-state index contributed by atoms with van der Waals surface area (Å²) in [6.07, 6.45) is 3.37. The quantitative estimate of drug-likeness (QED) is 0.580. The zero-order valence-electron chi connectivity index (χ0n) is 13.8. The molecule has 1 heterocycles. The monoisotopic (exact) mass is 354 g/mol. The molecule has 0 saturated carbocycles. The first kappa shape index (κ1) is 18.6. The summed E-state index contributed by atoms with van der Waals surface area (Å²) in [5, 5.41) is 16.8. The molecule has 2 rings (SSSR count). The highest BCUT2D eigenvalue weighted by Crippen LogP contribution is 2.27. The Kier molecular flexibility index (Phi) is 6.96. The molecule has 24 heavy (non-hydrogen) atoms. The molecular formula is C16H23ClN4O3. The first-order valence-electron chi connectivity index (χ1n) is 8.10. The maximum atomic E-state index is 12.1. The zero-order chi connectivity index (χ0) is 17.5. The van der Waals surface area contributed by atoms with Crippen LogP contribution in [0.5, 0.6) is 0 Å². The number of hydrogen-bond donors (Lipinski definition) is 2. The number of carbonyl (C=O) groups is 1. The van der Waals surface area contributed by atoms with E-state index in [1.807, 2.05) is 7.05 Å². The van der Waals surface area contributed by atoms with Gasteiger partial charge in [0.25, 0.3) is 5.69 Å². The van der Waals surface area contributed by atoms with Crippen LogP contribution in [-0.2, 0) is 4.79 Å². The van der Waals surface area contributed by atoms with Crippen LogP contribution in [-0.4, -0.2) is 49.0 Å². The first-order chi connectivity index (χ1) is 11.5. The number of nitro benzene ring substituents is 1. The summed E-state index contributed by atoms with van der Waals surface area (Å²) >= 11 is 5.77. The molecule has 0 bridgehead atoms. The van der Waals surface area contributed by atoms with E-state index < -0.39 is 4.92 Å². The van der Waals surface area contributed by atoms with E-state index >= 15 is 0 Å². The molecule has 0 radical (unpaired) electrons. The fourth-order valence-corrected chi connectivity index (χ4v) is 3.10. The van der Waals surface area contributed by atoms with Crippen LogP contribution in [0.2, 0.25) is 5.02 Å². The third-order valence-corrected chi connectivity index (χ3v) is 4.62. The van der Waals surface area contributed by atoms with Crippen molar-refractivity contribution in [3.63, 3.8) is 0 Å². The van der Waals surface area contributed by atoms with Crippen molar-refractivity contribution < 1.29 is 9.72 Å². The molecule has 2 N–H and O–H groups in total. The van der Waals surface area contributed by atoms with Gasteiger partial charge in [-0.05, 0) is 64.0 Å². The van der Waals surface area contributed by atoms with E-state index in [9.17, 15) is 14.9 Å². The number of rotatable bonds is 7. The third-order valence-electron chi connectivity index (χ3n) is 4.30. The van der Waals surface area contributed by atoms with Crippen LogP contribution < -0.4 is 10.6 Å². The van der Waals surface area contributed by atoms with Crippen LogP contribution in [0.4, 0.5) is 11.4 Å². The van der Waals surface area contributed by atoms with Gasteiger partial charge in [0, 0.05) is 11.8 Å². The molecule has 1 aromatic carbocycles. The lowest BCUT2D eigenvalue weighted by atomic mass is 9.93. The van der Waals surface area contributed by atoms with E-state index in [2.05, 4.69) is 15.5 Å². The average Bonchev–Trinajstić information content (AvgIpc) is 2.55. The topological polar surface area (TPSA) is 87.5 Å². The second-order valence-corrected chi connectivity index (χ2v) is 6.49. The van der Waals surface area contributed by atoms with Gasteiger partial charge in [0.05, 0.1) is 11.5 Å². The average molecular weight is 355 g/mol. The van der Waals surface area contributed by atoms with Crippen LogP contribution in [0.25, 0.3) is 0 Å². The second kappa shape index (κ2) is 8.96. The smallest absolute Gasteiger partial charge is 0.289 e. The highest BCUT2D eigenvalue weighted by molar-refractivity contribution is 6.32. The van der Waals surface area contributed by atoms with E-state index in [0.717, 1.165) is 38.4 Å². The van der Waals surface area contributed by atoms with Crippen molar-refractivity contribution in [1.82, 2.24) is 10.2 Å². The Morgan fingerprint density at radius 1 is 1.42 bits per heavy atom. The number of nitrogens with zero attached hydrogens (tertiary/aromatic N) is 2. The minimum Gasteiger partial charge on any atom is -0.325 e. The summed E-state index contributed by atoms with van der Waals surface area (Å²) in [6.45, 7) is 3.14. The highest BCUT2D eigenvalue weighted by Gasteiger charge is 2.21. The van der Waals surface area contributed by atoms with Gasteiger partial charge in [-0.1, -0.05) is 11.6 Å². The molecule has 1 aromatic rings.